The Morgan fingerprint density at radius 1 is 1.32 bits per heavy atom. The molecular formula is C18H19N7. The number of para-hydroxylation sites is 1. The van der Waals surface area contributed by atoms with Crippen LogP contribution in [0.5, 0.6) is 0 Å². The first-order valence-corrected chi connectivity index (χ1v) is 7.93. The van der Waals surface area contributed by atoms with Gasteiger partial charge >= 0.3 is 0 Å². The first-order chi connectivity index (χ1) is 12.0. The second-order valence-corrected chi connectivity index (χ2v) is 5.82. The van der Waals surface area contributed by atoms with Gasteiger partial charge in [-0.25, -0.2) is 0 Å². The number of aromatic nitrogens is 4. The van der Waals surface area contributed by atoms with Crippen LogP contribution in [0.1, 0.15) is 23.9 Å². The van der Waals surface area contributed by atoms with Crippen molar-refractivity contribution < 1.29 is 0 Å². The van der Waals surface area contributed by atoms with E-state index in [4.69, 9.17) is 5.73 Å². The molecule has 0 atom stereocenters. The van der Waals surface area contributed by atoms with Gasteiger partial charge in [0.25, 0.3) is 0 Å². The van der Waals surface area contributed by atoms with E-state index in [2.05, 4.69) is 39.0 Å². The van der Waals surface area contributed by atoms with Crippen LogP contribution in [0.25, 0.3) is 22.6 Å². The van der Waals surface area contributed by atoms with E-state index in [9.17, 15) is 5.26 Å². The fourth-order valence-electron chi connectivity index (χ4n) is 2.66. The molecule has 0 fully saturated rings. The third kappa shape index (κ3) is 3.15. The summed E-state index contributed by atoms with van der Waals surface area (Å²) in [6.45, 7) is 2.11. The van der Waals surface area contributed by atoms with Crippen molar-refractivity contribution in [2.24, 2.45) is 0 Å². The minimum Gasteiger partial charge on any atom is -0.368 e. The molecular weight excluding hydrogens is 314 g/mol. The quantitative estimate of drug-likeness (QED) is 0.711. The Bertz CT molecular complexity index is 992. The normalized spacial score (nSPS) is 11.5. The highest BCUT2D eigenvalue weighted by Gasteiger charge is 2.12. The number of anilines is 2. The van der Waals surface area contributed by atoms with Crippen molar-refractivity contribution in [2.45, 2.75) is 13.3 Å². The molecule has 0 radical (unpaired) electrons. The number of fused-ring (bicyclic) bond motifs is 1. The van der Waals surface area contributed by atoms with Crippen LogP contribution in [0, 0.1) is 11.3 Å². The highest BCUT2D eigenvalue weighted by molar-refractivity contribution is 5.97. The maximum atomic E-state index is 9.59. The number of nitriles is 1. The highest BCUT2D eigenvalue weighted by Crippen LogP contribution is 2.26. The minimum atomic E-state index is 0.0852. The first-order valence-electron chi connectivity index (χ1n) is 7.93. The zero-order chi connectivity index (χ0) is 18.0. The van der Waals surface area contributed by atoms with Crippen LogP contribution in [0.3, 0.4) is 0 Å². The highest BCUT2D eigenvalue weighted by atomic mass is 15.3. The molecule has 1 aromatic carbocycles. The number of rotatable bonds is 4. The number of hydrogen-bond acceptors (Lipinski definition) is 6. The maximum absolute atomic E-state index is 9.59. The van der Waals surface area contributed by atoms with Crippen LogP contribution in [-0.2, 0) is 6.42 Å². The Kier molecular flexibility index (Phi) is 4.35. The fourth-order valence-corrected chi connectivity index (χ4v) is 2.66. The second-order valence-electron chi connectivity index (χ2n) is 5.82. The Hall–Kier alpha value is -3.40. The van der Waals surface area contributed by atoms with E-state index in [-0.39, 0.29) is 11.8 Å². The average Bonchev–Trinajstić information content (AvgIpc) is 3.02. The summed E-state index contributed by atoms with van der Waals surface area (Å²) in [7, 11) is 3.61. The third-order valence-electron chi connectivity index (χ3n) is 3.92. The van der Waals surface area contributed by atoms with Gasteiger partial charge in [-0.05, 0) is 18.1 Å². The molecule has 2 heterocycles. The summed E-state index contributed by atoms with van der Waals surface area (Å²) in [5, 5.41) is 10.6. The van der Waals surface area contributed by atoms with Crippen LogP contribution in [0.2, 0.25) is 0 Å². The van der Waals surface area contributed by atoms with Gasteiger partial charge in [0.05, 0.1) is 5.57 Å². The molecule has 0 saturated carbocycles. The van der Waals surface area contributed by atoms with Gasteiger partial charge < -0.3 is 15.6 Å². The number of nitrogens with zero attached hydrogens (tertiary/aromatic N) is 5. The summed E-state index contributed by atoms with van der Waals surface area (Å²) < 4.78 is 0. The van der Waals surface area contributed by atoms with Crippen molar-refractivity contribution in [1.29, 1.82) is 5.26 Å². The summed E-state index contributed by atoms with van der Waals surface area (Å²) >= 11 is 0. The van der Waals surface area contributed by atoms with Crippen molar-refractivity contribution in [3.8, 4) is 6.07 Å². The van der Waals surface area contributed by atoms with Gasteiger partial charge in [0.15, 0.2) is 5.82 Å². The average molecular weight is 333 g/mol. The number of H-pyrrole nitrogens is 1. The number of nitrogens with one attached hydrogen (secondary N) is 1. The van der Waals surface area contributed by atoms with Crippen molar-refractivity contribution in [3.05, 3.63) is 41.3 Å². The molecule has 3 aromatic rings. The molecule has 0 bridgehead atoms. The van der Waals surface area contributed by atoms with Crippen molar-refractivity contribution >= 4 is 34.4 Å². The lowest BCUT2D eigenvalue weighted by Gasteiger charge is -2.10. The standard InChI is InChI=1S/C18H19N7/c1-4-11-6-5-7-14-13(10-21-15(11)14)8-12(9-19)16-22-17(20)24-18(23-16)25(2)3/h5-8,10,21H,4H2,1-3H3,(H2,20,22,23,24). The molecule has 25 heavy (non-hydrogen) atoms. The van der Waals surface area contributed by atoms with Gasteiger partial charge in [0.1, 0.15) is 6.07 Å². The maximum Gasteiger partial charge on any atom is 0.230 e. The minimum absolute atomic E-state index is 0.0852. The zero-order valence-electron chi connectivity index (χ0n) is 14.4. The molecule has 126 valence electrons. The van der Waals surface area contributed by atoms with E-state index in [1.54, 1.807) is 25.1 Å². The molecule has 7 nitrogen and oxygen atoms in total. The fraction of sp³-hybridized carbons (Fsp3) is 0.222. The van der Waals surface area contributed by atoms with Crippen molar-refractivity contribution in [3.63, 3.8) is 0 Å². The molecule has 7 heteroatoms. The van der Waals surface area contributed by atoms with Gasteiger partial charge in [-0.3, -0.25) is 0 Å². The number of hydrogen-bond donors (Lipinski definition) is 2. The summed E-state index contributed by atoms with van der Waals surface area (Å²) in [6.07, 6.45) is 4.59. The van der Waals surface area contributed by atoms with Crippen LogP contribution in [0.15, 0.2) is 24.4 Å². The van der Waals surface area contributed by atoms with Gasteiger partial charge in [-0.2, -0.15) is 20.2 Å². The Morgan fingerprint density at radius 2 is 2.12 bits per heavy atom. The smallest absolute Gasteiger partial charge is 0.230 e. The lowest BCUT2D eigenvalue weighted by atomic mass is 10.1. The van der Waals surface area contributed by atoms with Gasteiger partial charge in [-0.15, -0.1) is 0 Å². The van der Waals surface area contributed by atoms with E-state index in [0.717, 1.165) is 22.9 Å². The number of allylic oxidation sites excluding steroid dienone is 1. The number of nitrogen functional groups attached to an aromatic ring is 1. The molecule has 3 N–H and O–H groups in total. The zero-order valence-corrected chi connectivity index (χ0v) is 14.4. The monoisotopic (exact) mass is 333 g/mol. The van der Waals surface area contributed by atoms with Gasteiger partial charge in [0, 0.05) is 36.8 Å². The summed E-state index contributed by atoms with van der Waals surface area (Å²) in [5.41, 5.74) is 9.32. The summed E-state index contributed by atoms with van der Waals surface area (Å²) in [5.74, 6) is 0.762. The third-order valence-corrected chi connectivity index (χ3v) is 3.92. The predicted molar refractivity (Wildman–Crippen MR) is 99.7 cm³/mol. The number of nitrogens with two attached hydrogens (primary N) is 1. The van der Waals surface area contributed by atoms with Crippen LogP contribution < -0.4 is 10.6 Å². The number of benzene rings is 1. The molecule has 0 aliphatic rings. The predicted octanol–water partition coefficient (Wildman–Crippen LogP) is 2.63. The largest absolute Gasteiger partial charge is 0.368 e. The van der Waals surface area contributed by atoms with Crippen molar-refractivity contribution in [2.75, 3.05) is 24.7 Å². The molecule has 0 aliphatic heterocycles. The van der Waals surface area contributed by atoms with Crippen LogP contribution in [-0.4, -0.2) is 34.0 Å². The van der Waals surface area contributed by atoms with E-state index < -0.39 is 0 Å². The van der Waals surface area contributed by atoms with Crippen molar-refractivity contribution in [1.82, 2.24) is 19.9 Å². The summed E-state index contributed by atoms with van der Waals surface area (Å²) in [6, 6.07) is 8.30. The molecule has 0 aliphatic carbocycles. The molecule has 0 unspecified atom stereocenters. The molecule has 2 aromatic heterocycles. The number of aromatic amines is 1. The van der Waals surface area contributed by atoms with E-state index in [1.165, 1.54) is 5.56 Å². The lowest BCUT2D eigenvalue weighted by Crippen LogP contribution is -2.15. The van der Waals surface area contributed by atoms with Gasteiger partial charge in [0.2, 0.25) is 11.9 Å². The Labute approximate surface area is 145 Å². The van der Waals surface area contributed by atoms with Crippen LogP contribution >= 0.6 is 0 Å². The summed E-state index contributed by atoms with van der Waals surface area (Å²) in [4.78, 5) is 17.5. The molecule has 0 spiro atoms. The molecule has 3 rings (SSSR count). The Balaban J connectivity index is 2.13. The first kappa shape index (κ1) is 16.5. The lowest BCUT2D eigenvalue weighted by molar-refractivity contribution is 0.952. The molecule has 0 saturated heterocycles. The van der Waals surface area contributed by atoms with E-state index >= 15 is 0 Å². The number of aryl methyl sites for hydroxylation is 1. The van der Waals surface area contributed by atoms with Crippen LogP contribution in [0.4, 0.5) is 11.9 Å². The van der Waals surface area contributed by atoms with E-state index in [0.29, 0.717) is 11.5 Å². The Morgan fingerprint density at radius 3 is 2.80 bits per heavy atom. The topological polar surface area (TPSA) is 108 Å². The second kappa shape index (κ2) is 6.61. The molecule has 0 amide bonds. The van der Waals surface area contributed by atoms with E-state index in [1.807, 2.05) is 18.3 Å². The van der Waals surface area contributed by atoms with Gasteiger partial charge in [-0.1, -0.05) is 25.1 Å². The SMILES string of the molecule is CCc1cccc2c(C=C(C#N)c3nc(N)nc(N(C)C)n3)c[nH]c12.